The second-order valence-electron chi connectivity index (χ2n) is 5.04. The zero-order chi connectivity index (χ0) is 18.8. The second kappa shape index (κ2) is 9.77. The van der Waals surface area contributed by atoms with E-state index in [1.807, 2.05) is 0 Å². The average molecular weight is 357 g/mol. The van der Waals surface area contributed by atoms with Gasteiger partial charge in [0.15, 0.2) is 0 Å². The second-order valence-corrected chi connectivity index (χ2v) is 5.04. The van der Waals surface area contributed by atoms with E-state index in [1.165, 1.54) is 30.5 Å². The summed E-state index contributed by atoms with van der Waals surface area (Å²) in [6, 6.07) is 11.1. The van der Waals surface area contributed by atoms with Crippen LogP contribution in [-0.2, 0) is 4.74 Å². The van der Waals surface area contributed by atoms with Crippen LogP contribution >= 0.6 is 0 Å². The van der Waals surface area contributed by atoms with E-state index in [-0.39, 0.29) is 37.3 Å². The van der Waals surface area contributed by atoms with Crippen molar-refractivity contribution in [2.75, 3.05) is 19.7 Å². The number of hydrogen-bond donors (Lipinski definition) is 2. The highest BCUT2D eigenvalue weighted by atomic mass is 16.7. The van der Waals surface area contributed by atoms with Crippen molar-refractivity contribution in [3.63, 3.8) is 0 Å². The molecule has 0 radical (unpaired) electrons. The van der Waals surface area contributed by atoms with Crippen LogP contribution < -0.4 is 15.4 Å². The van der Waals surface area contributed by atoms with Crippen LogP contribution in [0.2, 0.25) is 0 Å². The molecule has 2 N–H and O–H groups in total. The molecule has 0 saturated carbocycles. The maximum Gasteiger partial charge on any atom is 0.513 e. The van der Waals surface area contributed by atoms with Crippen molar-refractivity contribution in [2.24, 2.45) is 0 Å². The Kier molecular flexibility index (Phi) is 7.11. The topological polar surface area (TPSA) is 107 Å². The minimum absolute atomic E-state index is 0.218. The van der Waals surface area contributed by atoms with Gasteiger partial charge in [0, 0.05) is 24.8 Å². The zero-order valence-electron chi connectivity index (χ0n) is 14.2. The van der Waals surface area contributed by atoms with E-state index in [1.54, 1.807) is 25.1 Å². The fraction of sp³-hybridized carbons (Fsp3) is 0.222. The molecule has 0 unspecified atom stereocenters. The zero-order valence-corrected chi connectivity index (χ0v) is 14.2. The van der Waals surface area contributed by atoms with Gasteiger partial charge in [-0.3, -0.25) is 14.6 Å². The highest BCUT2D eigenvalue weighted by molar-refractivity contribution is 5.94. The first-order valence-corrected chi connectivity index (χ1v) is 8.02. The fourth-order valence-corrected chi connectivity index (χ4v) is 1.96. The molecule has 2 amide bonds. The van der Waals surface area contributed by atoms with Crippen molar-refractivity contribution in [1.29, 1.82) is 0 Å². The Morgan fingerprint density at radius 3 is 2.27 bits per heavy atom. The maximum absolute atomic E-state index is 12.0. The number of nitrogens with zero attached hydrogens (tertiary/aromatic N) is 1. The lowest BCUT2D eigenvalue weighted by atomic mass is 10.2. The molecule has 0 atom stereocenters. The van der Waals surface area contributed by atoms with Crippen LogP contribution in [0.3, 0.4) is 0 Å². The van der Waals surface area contributed by atoms with Crippen LogP contribution in [-0.4, -0.2) is 42.7 Å². The number of pyridine rings is 1. The minimum atomic E-state index is -0.798. The molecule has 0 aliphatic heterocycles. The Balaban J connectivity index is 1.74. The highest BCUT2D eigenvalue weighted by Gasteiger charge is 2.09. The number of ether oxygens (including phenoxy) is 2. The van der Waals surface area contributed by atoms with Crippen molar-refractivity contribution >= 4 is 18.0 Å². The predicted molar refractivity (Wildman–Crippen MR) is 93.0 cm³/mol. The number of hydrogen-bond acceptors (Lipinski definition) is 6. The van der Waals surface area contributed by atoms with Crippen molar-refractivity contribution < 1.29 is 23.9 Å². The first-order valence-electron chi connectivity index (χ1n) is 8.02. The standard InChI is InChI=1S/C18H19N3O5/c1-2-25-18(24)26-14-8-6-13(7-9-14)16(22)20-11-12-21-17(23)15-5-3-4-10-19-15/h3-10H,2,11-12H2,1H3,(H,20,22)(H,21,23). The normalized spacial score (nSPS) is 9.88. The molecular weight excluding hydrogens is 338 g/mol. The summed E-state index contributed by atoms with van der Waals surface area (Å²) >= 11 is 0. The Morgan fingerprint density at radius 2 is 1.65 bits per heavy atom. The number of amides is 2. The van der Waals surface area contributed by atoms with Crippen molar-refractivity contribution in [1.82, 2.24) is 15.6 Å². The molecule has 1 aromatic carbocycles. The van der Waals surface area contributed by atoms with E-state index >= 15 is 0 Å². The first-order chi connectivity index (χ1) is 12.6. The van der Waals surface area contributed by atoms with E-state index in [2.05, 4.69) is 20.4 Å². The van der Waals surface area contributed by atoms with Gasteiger partial charge < -0.3 is 20.1 Å². The monoisotopic (exact) mass is 357 g/mol. The molecule has 1 heterocycles. The SMILES string of the molecule is CCOC(=O)Oc1ccc(C(=O)NCCNC(=O)c2ccccn2)cc1. The van der Waals surface area contributed by atoms with Gasteiger partial charge in [-0.1, -0.05) is 6.07 Å². The summed E-state index contributed by atoms with van der Waals surface area (Å²) in [4.78, 5) is 39.0. The Hall–Kier alpha value is -3.42. The third kappa shape index (κ3) is 5.90. The molecule has 0 fully saturated rings. The van der Waals surface area contributed by atoms with Gasteiger partial charge in [-0.2, -0.15) is 0 Å². The van der Waals surface area contributed by atoms with E-state index in [0.29, 0.717) is 11.3 Å². The van der Waals surface area contributed by atoms with Gasteiger partial charge in [0.25, 0.3) is 11.8 Å². The van der Waals surface area contributed by atoms with Crippen molar-refractivity contribution in [3.05, 3.63) is 59.9 Å². The van der Waals surface area contributed by atoms with E-state index in [4.69, 9.17) is 4.74 Å². The van der Waals surface area contributed by atoms with Gasteiger partial charge >= 0.3 is 6.16 Å². The van der Waals surface area contributed by atoms with E-state index in [0.717, 1.165) is 0 Å². The van der Waals surface area contributed by atoms with Crippen molar-refractivity contribution in [2.45, 2.75) is 6.92 Å². The molecule has 0 aliphatic carbocycles. The molecule has 1 aromatic heterocycles. The van der Waals surface area contributed by atoms with E-state index < -0.39 is 6.16 Å². The van der Waals surface area contributed by atoms with Crippen molar-refractivity contribution in [3.8, 4) is 5.75 Å². The van der Waals surface area contributed by atoms with Crippen LogP contribution in [0.15, 0.2) is 48.7 Å². The smallest absolute Gasteiger partial charge is 0.434 e. The number of benzene rings is 1. The number of rotatable bonds is 7. The average Bonchev–Trinajstić information content (AvgIpc) is 2.66. The summed E-state index contributed by atoms with van der Waals surface area (Å²) in [5.74, 6) is -0.331. The summed E-state index contributed by atoms with van der Waals surface area (Å²) in [6.07, 6.45) is 0.736. The molecule has 0 spiro atoms. The lowest BCUT2D eigenvalue weighted by Gasteiger charge is -2.08. The van der Waals surface area contributed by atoms with E-state index in [9.17, 15) is 14.4 Å². The van der Waals surface area contributed by atoms with Gasteiger partial charge in [-0.15, -0.1) is 0 Å². The molecule has 2 aromatic rings. The lowest BCUT2D eigenvalue weighted by Crippen LogP contribution is -2.34. The Labute approximate surface area is 150 Å². The van der Waals surface area contributed by atoms with Gasteiger partial charge in [0.2, 0.25) is 0 Å². The van der Waals surface area contributed by atoms with Crippen LogP contribution in [0, 0.1) is 0 Å². The van der Waals surface area contributed by atoms with Gasteiger partial charge in [-0.05, 0) is 43.3 Å². The fourth-order valence-electron chi connectivity index (χ4n) is 1.96. The third-order valence-corrected chi connectivity index (χ3v) is 3.17. The molecule has 0 bridgehead atoms. The molecule has 8 nitrogen and oxygen atoms in total. The maximum atomic E-state index is 12.0. The molecule has 8 heteroatoms. The largest absolute Gasteiger partial charge is 0.513 e. The van der Waals surface area contributed by atoms with Crippen LogP contribution in [0.4, 0.5) is 4.79 Å². The summed E-state index contributed by atoms with van der Waals surface area (Å²) in [7, 11) is 0. The predicted octanol–water partition coefficient (Wildman–Crippen LogP) is 1.78. The Morgan fingerprint density at radius 1 is 0.962 bits per heavy atom. The third-order valence-electron chi connectivity index (χ3n) is 3.17. The first kappa shape index (κ1) is 18.9. The minimum Gasteiger partial charge on any atom is -0.434 e. The molecule has 2 rings (SSSR count). The molecular formula is C18H19N3O5. The number of carbonyl (C=O) groups excluding carboxylic acids is 3. The number of aromatic nitrogens is 1. The van der Waals surface area contributed by atoms with Gasteiger partial charge in [0.05, 0.1) is 6.61 Å². The summed E-state index contributed by atoms with van der Waals surface area (Å²) < 4.78 is 9.57. The van der Waals surface area contributed by atoms with Crippen LogP contribution in [0.25, 0.3) is 0 Å². The molecule has 136 valence electrons. The molecule has 0 aliphatic rings. The van der Waals surface area contributed by atoms with Gasteiger partial charge in [0.1, 0.15) is 11.4 Å². The quantitative estimate of drug-likeness (QED) is 0.444. The summed E-state index contributed by atoms with van der Waals surface area (Å²) in [6.45, 7) is 2.42. The number of carbonyl (C=O) groups is 3. The molecule has 26 heavy (non-hydrogen) atoms. The lowest BCUT2D eigenvalue weighted by molar-refractivity contribution is 0.0925. The Bertz CT molecular complexity index is 747. The highest BCUT2D eigenvalue weighted by Crippen LogP contribution is 2.12. The summed E-state index contributed by atoms with van der Waals surface area (Å²) in [5, 5.41) is 5.34. The summed E-state index contributed by atoms with van der Waals surface area (Å²) in [5.41, 5.74) is 0.716. The molecule has 0 saturated heterocycles. The number of nitrogens with one attached hydrogen (secondary N) is 2. The van der Waals surface area contributed by atoms with Crippen LogP contribution in [0.1, 0.15) is 27.8 Å². The van der Waals surface area contributed by atoms with Crippen LogP contribution in [0.5, 0.6) is 5.75 Å². The van der Waals surface area contributed by atoms with Gasteiger partial charge in [-0.25, -0.2) is 4.79 Å².